The van der Waals surface area contributed by atoms with E-state index >= 15 is 0 Å². The lowest BCUT2D eigenvalue weighted by atomic mass is 10.1. The van der Waals surface area contributed by atoms with Gasteiger partial charge in [0.1, 0.15) is 11.3 Å². The molecule has 0 fully saturated rings. The Morgan fingerprint density at radius 3 is 2.42 bits per heavy atom. The molecule has 0 aromatic heterocycles. The van der Waals surface area contributed by atoms with Gasteiger partial charge in [-0.2, -0.15) is 0 Å². The number of rotatable bonds is 8. The fraction of sp³-hybridized carbons (Fsp3) is 0.611. The Kier molecular flexibility index (Phi) is 7.57. The van der Waals surface area contributed by atoms with Crippen molar-refractivity contribution in [1.29, 1.82) is 0 Å². The van der Waals surface area contributed by atoms with Crippen molar-refractivity contribution in [3.05, 3.63) is 29.3 Å². The summed E-state index contributed by atoms with van der Waals surface area (Å²) in [5, 5.41) is 0. The highest BCUT2D eigenvalue weighted by Crippen LogP contribution is 2.54. The van der Waals surface area contributed by atoms with Crippen molar-refractivity contribution in [3.8, 4) is 5.75 Å². The zero-order valence-corrected chi connectivity index (χ0v) is 16.6. The third-order valence-electron chi connectivity index (χ3n) is 3.91. The average molecular weight is 359 g/mol. The minimum absolute atomic E-state index is 0.0429. The largest absolute Gasteiger partial charge is 0.467 e. The number of methoxy groups -OCH3 is 1. The molecule has 0 N–H and O–H groups in total. The first-order valence-corrected chi connectivity index (χ1v) is 10.3. The minimum Gasteiger partial charge on any atom is -0.467 e. The normalized spacial score (nSPS) is 12.8. The first-order valence-electron chi connectivity index (χ1n) is 7.92. The topological polar surface area (TPSA) is 54.0 Å². The molecule has 0 aliphatic carbocycles. The van der Waals surface area contributed by atoms with E-state index in [0.29, 0.717) is 24.5 Å². The molecule has 0 saturated carbocycles. The molecule has 0 unspecified atom stereocenters. The molecule has 0 heterocycles. The standard InChI is InChI=1S/C18H30O5S/c1-8-21-17(19)16-14(10-9-11-15(16)22-13-20-5)12-23-24(6,7)18(2,3)4/h9-11H,8,12-13H2,1-7H3. The Morgan fingerprint density at radius 2 is 1.88 bits per heavy atom. The second-order valence-corrected chi connectivity index (χ2v) is 10.6. The van der Waals surface area contributed by atoms with Crippen molar-refractivity contribution >= 4 is 16.3 Å². The van der Waals surface area contributed by atoms with Gasteiger partial charge in [-0.3, -0.25) is 0 Å². The van der Waals surface area contributed by atoms with Crippen LogP contribution in [0.25, 0.3) is 0 Å². The minimum atomic E-state index is -1.30. The molecule has 5 nitrogen and oxygen atoms in total. The molecular weight excluding hydrogens is 328 g/mol. The molecule has 0 saturated heterocycles. The Balaban J connectivity index is 3.10. The number of hydrogen-bond donors (Lipinski definition) is 0. The molecule has 0 aliphatic rings. The zero-order chi connectivity index (χ0) is 18.4. The molecule has 1 aromatic carbocycles. The monoisotopic (exact) mass is 358 g/mol. The molecule has 138 valence electrons. The summed E-state index contributed by atoms with van der Waals surface area (Å²) in [6.07, 6.45) is 4.25. The number of carbonyl (C=O) groups excluding carboxylic acids is 1. The smallest absolute Gasteiger partial charge is 0.342 e. The number of hydrogen-bond acceptors (Lipinski definition) is 5. The predicted octanol–water partition coefficient (Wildman–Crippen LogP) is 4.14. The fourth-order valence-electron chi connectivity index (χ4n) is 1.76. The Morgan fingerprint density at radius 1 is 1.21 bits per heavy atom. The second kappa shape index (κ2) is 8.74. The maximum absolute atomic E-state index is 12.4. The summed E-state index contributed by atoms with van der Waals surface area (Å²) in [4.78, 5) is 12.4. The fourth-order valence-corrected chi connectivity index (χ4v) is 2.54. The van der Waals surface area contributed by atoms with E-state index < -0.39 is 16.3 Å². The number of ether oxygens (including phenoxy) is 3. The van der Waals surface area contributed by atoms with Crippen LogP contribution in [0.4, 0.5) is 0 Å². The maximum Gasteiger partial charge on any atom is 0.342 e. The molecule has 0 aliphatic heterocycles. The number of carbonyl (C=O) groups is 1. The zero-order valence-electron chi connectivity index (χ0n) is 15.8. The third-order valence-corrected chi connectivity index (χ3v) is 7.56. The second-order valence-electron chi connectivity index (χ2n) is 6.67. The quantitative estimate of drug-likeness (QED) is 0.516. The highest BCUT2D eigenvalue weighted by atomic mass is 32.3. The summed E-state index contributed by atoms with van der Waals surface area (Å²) in [6.45, 7) is 8.95. The molecule has 1 rings (SSSR count). The van der Waals surface area contributed by atoms with Gasteiger partial charge in [0.2, 0.25) is 0 Å². The predicted molar refractivity (Wildman–Crippen MR) is 98.9 cm³/mol. The molecule has 24 heavy (non-hydrogen) atoms. The van der Waals surface area contributed by atoms with Crippen molar-refractivity contribution in [1.82, 2.24) is 0 Å². The summed E-state index contributed by atoms with van der Waals surface area (Å²) in [5.74, 6) is 0.0336. The van der Waals surface area contributed by atoms with Gasteiger partial charge in [-0.05, 0) is 31.1 Å². The molecule has 6 heteroatoms. The lowest BCUT2D eigenvalue weighted by Crippen LogP contribution is -2.25. The van der Waals surface area contributed by atoms with Gasteiger partial charge in [-0.1, -0.05) is 32.9 Å². The maximum atomic E-state index is 12.4. The Bertz CT molecular complexity index is 549. The van der Waals surface area contributed by atoms with Crippen molar-refractivity contribution < 1.29 is 23.2 Å². The third kappa shape index (κ3) is 5.40. The van der Waals surface area contributed by atoms with Gasteiger partial charge in [-0.15, -0.1) is 10.3 Å². The van der Waals surface area contributed by atoms with Crippen LogP contribution >= 0.6 is 10.3 Å². The lowest BCUT2D eigenvalue weighted by Gasteiger charge is -2.43. The van der Waals surface area contributed by atoms with Crippen LogP contribution in [0, 0.1) is 0 Å². The molecule has 0 radical (unpaired) electrons. The summed E-state index contributed by atoms with van der Waals surface area (Å²) < 4.78 is 21.9. The van der Waals surface area contributed by atoms with Crippen LogP contribution < -0.4 is 4.74 Å². The number of esters is 1. The van der Waals surface area contributed by atoms with Gasteiger partial charge in [-0.25, -0.2) is 4.79 Å². The van der Waals surface area contributed by atoms with Crippen molar-refractivity contribution in [2.45, 2.75) is 39.0 Å². The average Bonchev–Trinajstić information content (AvgIpc) is 2.50. The number of benzene rings is 1. The van der Waals surface area contributed by atoms with Crippen molar-refractivity contribution in [2.24, 2.45) is 0 Å². The highest BCUT2D eigenvalue weighted by Gasteiger charge is 2.29. The van der Waals surface area contributed by atoms with E-state index in [4.69, 9.17) is 18.4 Å². The summed E-state index contributed by atoms with van der Waals surface area (Å²) in [5.41, 5.74) is 1.16. The summed E-state index contributed by atoms with van der Waals surface area (Å²) >= 11 is 0. The summed E-state index contributed by atoms with van der Waals surface area (Å²) in [6, 6.07) is 5.44. The van der Waals surface area contributed by atoms with Gasteiger partial charge in [0.05, 0.1) is 13.2 Å². The van der Waals surface area contributed by atoms with Crippen LogP contribution in [-0.4, -0.2) is 43.7 Å². The summed E-state index contributed by atoms with van der Waals surface area (Å²) in [7, 11) is 0.236. The van der Waals surface area contributed by atoms with Gasteiger partial charge < -0.3 is 18.4 Å². The lowest BCUT2D eigenvalue weighted by molar-refractivity contribution is 0.0435. The molecule has 1 aromatic rings. The van der Waals surface area contributed by atoms with Gasteiger partial charge >= 0.3 is 5.97 Å². The molecular formula is C18H30O5S. The molecule has 0 bridgehead atoms. The molecule has 0 spiro atoms. The first kappa shape index (κ1) is 20.8. The van der Waals surface area contributed by atoms with Gasteiger partial charge in [0, 0.05) is 11.9 Å². The van der Waals surface area contributed by atoms with E-state index in [1.54, 1.807) is 13.0 Å². The Labute approximate surface area is 147 Å². The van der Waals surface area contributed by atoms with Crippen LogP contribution in [0.5, 0.6) is 5.75 Å². The highest BCUT2D eigenvalue weighted by molar-refractivity contribution is 8.29. The van der Waals surface area contributed by atoms with E-state index in [1.165, 1.54) is 7.11 Å². The van der Waals surface area contributed by atoms with Gasteiger partial charge in [0.15, 0.2) is 6.79 Å². The SMILES string of the molecule is CCOC(=O)c1c(COS(C)(C)C(C)(C)C)cccc1OCOC. The van der Waals surface area contributed by atoms with Crippen LogP contribution in [0.3, 0.4) is 0 Å². The van der Waals surface area contributed by atoms with Crippen molar-refractivity contribution in [3.63, 3.8) is 0 Å². The van der Waals surface area contributed by atoms with Crippen LogP contribution in [0.2, 0.25) is 0 Å². The van der Waals surface area contributed by atoms with E-state index in [2.05, 4.69) is 33.3 Å². The molecule has 0 amide bonds. The van der Waals surface area contributed by atoms with Crippen molar-refractivity contribution in [2.75, 3.05) is 33.0 Å². The van der Waals surface area contributed by atoms with E-state index in [-0.39, 0.29) is 11.5 Å². The Hall–Kier alpha value is -1.24. The van der Waals surface area contributed by atoms with E-state index in [9.17, 15) is 4.79 Å². The van der Waals surface area contributed by atoms with Gasteiger partial charge in [0.25, 0.3) is 0 Å². The van der Waals surface area contributed by atoms with E-state index in [1.807, 2.05) is 12.1 Å². The first-order chi connectivity index (χ1) is 11.1. The van der Waals surface area contributed by atoms with Crippen LogP contribution in [0.1, 0.15) is 43.6 Å². The van der Waals surface area contributed by atoms with Crippen LogP contribution in [0.15, 0.2) is 18.2 Å². The molecule has 0 atom stereocenters. The van der Waals surface area contributed by atoms with Crippen LogP contribution in [-0.2, 0) is 20.3 Å². The van der Waals surface area contributed by atoms with E-state index in [0.717, 1.165) is 5.56 Å².